The fourth-order valence-electron chi connectivity index (χ4n) is 3.06. The molecule has 3 N–H and O–H groups in total. The smallest absolute Gasteiger partial charge is 0.414 e. The van der Waals surface area contributed by atoms with Gasteiger partial charge in [-0.2, -0.15) is 0 Å². The molecule has 1 heterocycles. The monoisotopic (exact) mass is 455 g/mol. The Bertz CT molecular complexity index is 970. The van der Waals surface area contributed by atoms with Crippen molar-refractivity contribution in [2.24, 2.45) is 0 Å². The van der Waals surface area contributed by atoms with E-state index < -0.39 is 22.0 Å². The maximum Gasteiger partial charge on any atom is 0.414 e. The number of carboxylic acids is 2. The average molecular weight is 456 g/mol. The van der Waals surface area contributed by atoms with E-state index in [1.54, 1.807) is 0 Å². The standard InChI is InChI=1S/C19H31N3O2S.C2H2O4/c1-5-6-7-11-22-14-17(10-12-21(3)4)18-13-16(8-9-19(18)22)15-25(23,24)20-2;3-1(4)2(5)6/h8-9,13-14,20H,5-7,10-12,15H2,1-4H3;(H,3,4)(H,5,6). The van der Waals surface area contributed by atoms with E-state index in [4.69, 9.17) is 19.8 Å². The number of benzene rings is 1. The molecule has 31 heavy (non-hydrogen) atoms. The van der Waals surface area contributed by atoms with Gasteiger partial charge in [-0.25, -0.2) is 22.7 Å². The number of hydrogen-bond donors (Lipinski definition) is 3. The van der Waals surface area contributed by atoms with Gasteiger partial charge in [0, 0.05) is 30.2 Å². The maximum atomic E-state index is 11.9. The Morgan fingerprint density at radius 1 is 1.13 bits per heavy atom. The Labute approximate surface area is 183 Å². The zero-order valence-corrected chi connectivity index (χ0v) is 19.4. The first-order chi connectivity index (χ1) is 14.5. The van der Waals surface area contributed by atoms with Gasteiger partial charge in [0.1, 0.15) is 0 Å². The lowest BCUT2D eigenvalue weighted by molar-refractivity contribution is -0.159. The quantitative estimate of drug-likeness (QED) is 0.370. The predicted octanol–water partition coefficient (Wildman–Crippen LogP) is 2.14. The number of unbranched alkanes of at least 4 members (excludes halogenated alkanes) is 2. The number of fused-ring (bicyclic) bond motifs is 1. The van der Waals surface area contributed by atoms with Crippen molar-refractivity contribution < 1.29 is 28.2 Å². The third-order valence-electron chi connectivity index (χ3n) is 4.71. The fourth-order valence-corrected chi connectivity index (χ4v) is 3.82. The van der Waals surface area contributed by atoms with Crippen LogP contribution in [0.4, 0.5) is 0 Å². The van der Waals surface area contributed by atoms with Crippen LogP contribution in [-0.2, 0) is 38.3 Å². The minimum absolute atomic E-state index is 0.0214. The number of sulfonamides is 1. The molecule has 0 spiro atoms. The molecule has 0 bridgehead atoms. The van der Waals surface area contributed by atoms with E-state index in [0.717, 1.165) is 25.1 Å². The van der Waals surface area contributed by atoms with E-state index >= 15 is 0 Å². The van der Waals surface area contributed by atoms with E-state index in [1.807, 2.05) is 12.1 Å². The van der Waals surface area contributed by atoms with Crippen LogP contribution in [0.25, 0.3) is 10.9 Å². The number of nitrogens with one attached hydrogen (secondary N) is 1. The highest BCUT2D eigenvalue weighted by atomic mass is 32.2. The van der Waals surface area contributed by atoms with E-state index in [9.17, 15) is 8.42 Å². The molecule has 0 fully saturated rings. The van der Waals surface area contributed by atoms with Gasteiger partial charge in [-0.15, -0.1) is 0 Å². The van der Waals surface area contributed by atoms with Gasteiger partial charge in [-0.1, -0.05) is 25.8 Å². The Morgan fingerprint density at radius 3 is 2.29 bits per heavy atom. The first kappa shape index (κ1) is 26.6. The molecular formula is C21H33N3O6S. The van der Waals surface area contributed by atoms with E-state index in [1.165, 1.54) is 42.8 Å². The number of aromatic nitrogens is 1. The fraction of sp³-hybridized carbons (Fsp3) is 0.524. The summed E-state index contributed by atoms with van der Waals surface area (Å²) in [6, 6.07) is 6.05. The third kappa shape index (κ3) is 9.07. The molecule has 9 nitrogen and oxygen atoms in total. The first-order valence-electron chi connectivity index (χ1n) is 10.1. The number of hydrogen-bond acceptors (Lipinski definition) is 5. The molecule has 0 amide bonds. The van der Waals surface area contributed by atoms with Gasteiger partial charge in [-0.3, -0.25) is 0 Å². The molecular weight excluding hydrogens is 422 g/mol. The van der Waals surface area contributed by atoms with Gasteiger partial charge >= 0.3 is 11.9 Å². The summed E-state index contributed by atoms with van der Waals surface area (Å²) in [6.07, 6.45) is 6.82. The molecule has 10 heteroatoms. The van der Waals surface area contributed by atoms with Crippen molar-refractivity contribution in [3.63, 3.8) is 0 Å². The van der Waals surface area contributed by atoms with E-state index in [2.05, 4.69) is 47.5 Å². The highest BCUT2D eigenvalue weighted by Gasteiger charge is 2.13. The van der Waals surface area contributed by atoms with Gasteiger partial charge in [-0.05, 0) is 57.2 Å². The largest absolute Gasteiger partial charge is 0.473 e. The molecule has 1 aromatic heterocycles. The normalized spacial score (nSPS) is 11.4. The molecule has 0 saturated heterocycles. The molecule has 0 atom stereocenters. The van der Waals surface area contributed by atoms with Crippen LogP contribution in [0.2, 0.25) is 0 Å². The zero-order chi connectivity index (χ0) is 23.6. The first-order valence-corrected chi connectivity index (χ1v) is 11.8. The van der Waals surface area contributed by atoms with Crippen molar-refractivity contribution in [3.8, 4) is 0 Å². The topological polar surface area (TPSA) is 129 Å². The molecule has 0 unspecified atom stereocenters. The summed E-state index contributed by atoms with van der Waals surface area (Å²) in [5.74, 6) is -3.63. The second-order valence-electron chi connectivity index (χ2n) is 7.53. The zero-order valence-electron chi connectivity index (χ0n) is 18.6. The van der Waals surface area contributed by atoms with Crippen molar-refractivity contribution in [1.82, 2.24) is 14.2 Å². The molecule has 0 aliphatic rings. The third-order valence-corrected chi connectivity index (χ3v) is 6.04. The number of nitrogens with zero attached hydrogens (tertiary/aromatic N) is 2. The van der Waals surface area contributed by atoms with Gasteiger partial charge in [0.15, 0.2) is 0 Å². The van der Waals surface area contributed by atoms with Crippen LogP contribution in [0, 0.1) is 0 Å². The van der Waals surface area contributed by atoms with E-state index in [-0.39, 0.29) is 5.75 Å². The Kier molecular flexibility index (Phi) is 10.7. The predicted molar refractivity (Wildman–Crippen MR) is 121 cm³/mol. The minimum Gasteiger partial charge on any atom is -0.473 e. The lowest BCUT2D eigenvalue weighted by Gasteiger charge is -2.08. The Balaban J connectivity index is 0.000000703. The summed E-state index contributed by atoms with van der Waals surface area (Å²) in [7, 11) is 2.35. The van der Waals surface area contributed by atoms with Crippen LogP contribution in [0.1, 0.15) is 37.3 Å². The number of aliphatic carboxylic acids is 2. The van der Waals surface area contributed by atoms with Crippen LogP contribution in [0.15, 0.2) is 24.4 Å². The number of carboxylic acid groups (broad SMARTS) is 2. The summed E-state index contributed by atoms with van der Waals surface area (Å²) in [5, 5.41) is 16.0. The van der Waals surface area contributed by atoms with E-state index in [0.29, 0.717) is 0 Å². The summed E-state index contributed by atoms with van der Waals surface area (Å²) >= 11 is 0. The van der Waals surface area contributed by atoms with Crippen LogP contribution in [0.5, 0.6) is 0 Å². The van der Waals surface area contributed by atoms with Crippen molar-refractivity contribution in [3.05, 3.63) is 35.5 Å². The molecule has 0 aliphatic heterocycles. The molecule has 0 aliphatic carbocycles. The summed E-state index contributed by atoms with van der Waals surface area (Å²) in [6.45, 7) is 4.21. The second-order valence-corrected chi connectivity index (χ2v) is 9.46. The SMILES string of the molecule is CCCCCn1cc(CCN(C)C)c2cc(CS(=O)(=O)NC)ccc21.O=C(O)C(=O)O. The van der Waals surface area contributed by atoms with Crippen LogP contribution < -0.4 is 4.72 Å². The van der Waals surface area contributed by atoms with Crippen LogP contribution in [0.3, 0.4) is 0 Å². The van der Waals surface area contributed by atoms with Gasteiger partial charge < -0.3 is 19.7 Å². The average Bonchev–Trinajstić information content (AvgIpc) is 3.03. The molecule has 2 rings (SSSR count). The molecule has 174 valence electrons. The number of likely N-dealkylation sites (N-methyl/N-ethyl adjacent to an activating group) is 1. The number of aryl methyl sites for hydroxylation is 1. The minimum atomic E-state index is -3.26. The van der Waals surface area contributed by atoms with Crippen molar-refractivity contribution in [1.29, 1.82) is 0 Å². The summed E-state index contributed by atoms with van der Waals surface area (Å²) < 4.78 is 28.4. The van der Waals surface area contributed by atoms with Crippen LogP contribution in [-0.4, -0.2) is 67.7 Å². The Morgan fingerprint density at radius 2 is 1.77 bits per heavy atom. The number of rotatable bonds is 10. The molecule has 2 aromatic rings. The highest BCUT2D eigenvalue weighted by molar-refractivity contribution is 7.88. The molecule has 0 radical (unpaired) electrons. The van der Waals surface area contributed by atoms with Gasteiger partial charge in [0.05, 0.1) is 5.75 Å². The molecule has 1 aromatic carbocycles. The van der Waals surface area contributed by atoms with Crippen LogP contribution >= 0.6 is 0 Å². The lowest BCUT2D eigenvalue weighted by atomic mass is 10.1. The lowest BCUT2D eigenvalue weighted by Crippen LogP contribution is -2.20. The second kappa shape index (κ2) is 12.4. The Hall–Kier alpha value is -2.43. The highest BCUT2D eigenvalue weighted by Crippen LogP contribution is 2.25. The number of carbonyl (C=O) groups is 2. The van der Waals surface area contributed by atoms with Crippen molar-refractivity contribution >= 4 is 32.9 Å². The van der Waals surface area contributed by atoms with Gasteiger partial charge in [0.2, 0.25) is 10.0 Å². The van der Waals surface area contributed by atoms with Crippen molar-refractivity contribution in [2.45, 2.75) is 44.9 Å². The van der Waals surface area contributed by atoms with Crippen molar-refractivity contribution in [2.75, 3.05) is 27.7 Å². The maximum absolute atomic E-state index is 11.9. The summed E-state index contributed by atoms with van der Waals surface area (Å²) in [4.78, 5) is 20.4. The van der Waals surface area contributed by atoms with Gasteiger partial charge in [0.25, 0.3) is 0 Å². The molecule has 0 saturated carbocycles. The summed E-state index contributed by atoms with van der Waals surface area (Å²) in [5.41, 5.74) is 3.33.